The van der Waals surface area contributed by atoms with E-state index in [2.05, 4.69) is 20.3 Å². The molecule has 36 heavy (non-hydrogen) atoms. The van der Waals surface area contributed by atoms with Crippen molar-refractivity contribution >= 4 is 22.8 Å². The molecule has 1 saturated carbocycles. The summed E-state index contributed by atoms with van der Waals surface area (Å²) in [5, 5.41) is 12.6. The molecule has 190 valence electrons. The largest absolute Gasteiger partial charge is 0.497 e. The molecule has 0 radical (unpaired) electrons. The normalized spacial score (nSPS) is 17.1. The average Bonchev–Trinajstić information content (AvgIpc) is 3.62. The minimum absolute atomic E-state index is 0.0670. The maximum atomic E-state index is 13.2. The van der Waals surface area contributed by atoms with Crippen LogP contribution < -0.4 is 14.8 Å². The van der Waals surface area contributed by atoms with Crippen LogP contribution in [0.2, 0.25) is 0 Å². The number of piperidine rings is 1. The number of nitrogens with one attached hydrogen (secondary N) is 2. The van der Waals surface area contributed by atoms with E-state index in [0.717, 1.165) is 5.56 Å². The smallest absolute Gasteiger partial charge is 0.255 e. The second-order valence-corrected chi connectivity index (χ2v) is 9.51. The number of aliphatic hydroxyl groups excluding tert-OH is 1. The number of carbonyl (C=O) groups is 2. The Morgan fingerprint density at radius 2 is 2.00 bits per heavy atom. The minimum Gasteiger partial charge on any atom is -0.497 e. The van der Waals surface area contributed by atoms with Crippen LogP contribution in [-0.4, -0.2) is 75.7 Å². The summed E-state index contributed by atoms with van der Waals surface area (Å²) < 4.78 is 11.5. The maximum Gasteiger partial charge on any atom is 0.255 e. The van der Waals surface area contributed by atoms with Crippen LogP contribution >= 0.6 is 0 Å². The van der Waals surface area contributed by atoms with E-state index < -0.39 is 6.10 Å². The zero-order chi connectivity index (χ0) is 25.2. The van der Waals surface area contributed by atoms with Gasteiger partial charge >= 0.3 is 0 Å². The molecule has 1 aromatic carbocycles. The highest BCUT2D eigenvalue weighted by atomic mass is 16.5. The van der Waals surface area contributed by atoms with E-state index in [1.165, 1.54) is 26.1 Å². The van der Waals surface area contributed by atoms with Crippen LogP contribution in [0.3, 0.4) is 0 Å². The number of benzene rings is 1. The van der Waals surface area contributed by atoms with Crippen molar-refractivity contribution in [3.8, 4) is 22.8 Å². The lowest BCUT2D eigenvalue weighted by molar-refractivity contribution is -0.140. The highest BCUT2D eigenvalue weighted by Crippen LogP contribution is 2.37. The fraction of sp³-hybridized carbons (Fsp3) is 0.462. The molecule has 0 unspecified atom stereocenters. The predicted molar refractivity (Wildman–Crippen MR) is 133 cm³/mol. The quantitative estimate of drug-likeness (QED) is 0.440. The third-order valence-corrected chi connectivity index (χ3v) is 6.82. The highest BCUT2D eigenvalue weighted by molar-refractivity contribution is 6.08. The molecule has 1 saturated heterocycles. The number of methoxy groups -OCH3 is 1. The Hall–Kier alpha value is -3.66. The van der Waals surface area contributed by atoms with Gasteiger partial charge < -0.3 is 29.8 Å². The van der Waals surface area contributed by atoms with Gasteiger partial charge in [0, 0.05) is 30.9 Å². The molecule has 0 bridgehead atoms. The third kappa shape index (κ3) is 4.99. The summed E-state index contributed by atoms with van der Waals surface area (Å²) in [5.74, 6) is 1.48. The summed E-state index contributed by atoms with van der Waals surface area (Å²) in [6.45, 7) is 3.12. The summed E-state index contributed by atoms with van der Waals surface area (Å²) in [6, 6.07) is 5.56. The molecule has 3 aromatic rings. The number of nitrogens with zero attached hydrogens (tertiary/aromatic N) is 3. The average molecular weight is 494 g/mol. The molecule has 3 N–H and O–H groups in total. The van der Waals surface area contributed by atoms with Gasteiger partial charge in [0.25, 0.3) is 11.8 Å². The lowest BCUT2D eigenvalue weighted by Crippen LogP contribution is -2.48. The van der Waals surface area contributed by atoms with Gasteiger partial charge in [-0.2, -0.15) is 0 Å². The SMILES string of the molecule is COc1ccc(OCC2CC2)c(-c2ncnc3c(C(=O)NC4CCN(C(=O)[C@H](C)O)CC4)c[nH]c23)c1. The van der Waals surface area contributed by atoms with Crippen molar-refractivity contribution in [1.29, 1.82) is 0 Å². The Balaban J connectivity index is 1.36. The predicted octanol–water partition coefficient (Wildman–Crippen LogP) is 2.52. The number of aromatic amines is 1. The number of aliphatic hydroxyl groups is 1. The van der Waals surface area contributed by atoms with E-state index in [4.69, 9.17) is 9.47 Å². The molecule has 1 aliphatic heterocycles. The topological polar surface area (TPSA) is 130 Å². The van der Waals surface area contributed by atoms with Crippen molar-refractivity contribution in [2.24, 2.45) is 5.92 Å². The molecule has 1 atom stereocenters. The van der Waals surface area contributed by atoms with Crippen molar-refractivity contribution < 1.29 is 24.2 Å². The van der Waals surface area contributed by atoms with Crippen LogP contribution in [0, 0.1) is 5.92 Å². The van der Waals surface area contributed by atoms with Crippen molar-refractivity contribution in [3.05, 3.63) is 36.3 Å². The molecule has 0 spiro atoms. The molecule has 2 aromatic heterocycles. The monoisotopic (exact) mass is 493 g/mol. The number of rotatable bonds is 8. The van der Waals surface area contributed by atoms with Gasteiger partial charge in [0.15, 0.2) is 0 Å². The van der Waals surface area contributed by atoms with Gasteiger partial charge in [-0.1, -0.05) is 0 Å². The molecular weight excluding hydrogens is 462 g/mol. The molecule has 1 aliphatic carbocycles. The number of hydrogen-bond acceptors (Lipinski definition) is 7. The van der Waals surface area contributed by atoms with Gasteiger partial charge in [-0.15, -0.1) is 0 Å². The highest BCUT2D eigenvalue weighted by Gasteiger charge is 2.28. The second-order valence-electron chi connectivity index (χ2n) is 9.51. The molecule has 10 heteroatoms. The van der Waals surface area contributed by atoms with Gasteiger partial charge in [-0.05, 0) is 56.7 Å². The Morgan fingerprint density at radius 3 is 2.69 bits per heavy atom. The zero-order valence-electron chi connectivity index (χ0n) is 20.5. The molecule has 2 fully saturated rings. The standard InChI is InChI=1S/C26H31N5O5/c1-15(32)26(34)31-9-7-17(8-10-31)30-25(33)20-12-27-24-22(28-14-29-23(20)24)19-11-18(35-2)5-6-21(19)36-13-16-3-4-16/h5-6,11-12,14-17,27,32H,3-4,7-10,13H2,1-2H3,(H,30,33)/t15-/m0/s1. The van der Waals surface area contributed by atoms with E-state index in [0.29, 0.717) is 72.2 Å². The molecular formula is C26H31N5O5. The van der Waals surface area contributed by atoms with E-state index >= 15 is 0 Å². The first-order chi connectivity index (χ1) is 17.4. The summed E-state index contributed by atoms with van der Waals surface area (Å²) in [5.41, 5.74) is 3.00. The van der Waals surface area contributed by atoms with E-state index in [9.17, 15) is 14.7 Å². The first-order valence-corrected chi connectivity index (χ1v) is 12.4. The molecule has 2 amide bonds. The molecule has 10 nitrogen and oxygen atoms in total. The van der Waals surface area contributed by atoms with Crippen LogP contribution in [0.25, 0.3) is 22.3 Å². The van der Waals surface area contributed by atoms with Gasteiger partial charge in [0.2, 0.25) is 0 Å². The Kier molecular flexibility index (Phi) is 6.77. The van der Waals surface area contributed by atoms with E-state index in [1.807, 2.05) is 18.2 Å². The number of H-pyrrole nitrogens is 1. The fourth-order valence-corrected chi connectivity index (χ4v) is 4.53. The zero-order valence-corrected chi connectivity index (χ0v) is 20.5. The van der Waals surface area contributed by atoms with Gasteiger partial charge in [0.05, 0.1) is 24.8 Å². The summed E-state index contributed by atoms with van der Waals surface area (Å²) >= 11 is 0. The Bertz CT molecular complexity index is 1260. The number of hydrogen-bond donors (Lipinski definition) is 3. The number of likely N-dealkylation sites (tertiary alicyclic amines) is 1. The van der Waals surface area contributed by atoms with Crippen molar-refractivity contribution in [1.82, 2.24) is 25.2 Å². The van der Waals surface area contributed by atoms with Crippen LogP contribution in [0.15, 0.2) is 30.7 Å². The van der Waals surface area contributed by atoms with Crippen LogP contribution in [0.5, 0.6) is 11.5 Å². The van der Waals surface area contributed by atoms with Crippen LogP contribution in [-0.2, 0) is 4.79 Å². The number of aromatic nitrogens is 3. The number of amides is 2. The number of fused-ring (bicyclic) bond motifs is 1. The minimum atomic E-state index is -1.01. The number of ether oxygens (including phenoxy) is 2. The fourth-order valence-electron chi connectivity index (χ4n) is 4.53. The summed E-state index contributed by atoms with van der Waals surface area (Å²) in [4.78, 5) is 38.9. The summed E-state index contributed by atoms with van der Waals surface area (Å²) in [7, 11) is 1.61. The summed E-state index contributed by atoms with van der Waals surface area (Å²) in [6.07, 6.45) is 5.71. The third-order valence-electron chi connectivity index (χ3n) is 6.82. The van der Waals surface area contributed by atoms with Crippen LogP contribution in [0.4, 0.5) is 0 Å². The Morgan fingerprint density at radius 1 is 1.22 bits per heavy atom. The molecule has 5 rings (SSSR count). The van der Waals surface area contributed by atoms with Crippen molar-refractivity contribution in [2.45, 2.75) is 44.8 Å². The first-order valence-electron chi connectivity index (χ1n) is 12.4. The first kappa shape index (κ1) is 24.1. The molecule has 2 aliphatic rings. The van der Waals surface area contributed by atoms with Crippen LogP contribution in [0.1, 0.15) is 43.0 Å². The molecule has 3 heterocycles. The Labute approximate surface area is 209 Å². The van der Waals surface area contributed by atoms with Crippen molar-refractivity contribution in [3.63, 3.8) is 0 Å². The number of carbonyl (C=O) groups excluding carboxylic acids is 2. The lowest BCUT2D eigenvalue weighted by atomic mass is 10.0. The lowest BCUT2D eigenvalue weighted by Gasteiger charge is -2.33. The van der Waals surface area contributed by atoms with Gasteiger partial charge in [-0.3, -0.25) is 9.59 Å². The van der Waals surface area contributed by atoms with E-state index in [1.54, 1.807) is 18.2 Å². The second kappa shape index (κ2) is 10.1. The maximum absolute atomic E-state index is 13.2. The van der Waals surface area contributed by atoms with Gasteiger partial charge in [-0.25, -0.2) is 9.97 Å². The van der Waals surface area contributed by atoms with Crippen molar-refractivity contribution in [2.75, 3.05) is 26.8 Å². The van der Waals surface area contributed by atoms with E-state index in [-0.39, 0.29) is 17.9 Å². The van der Waals surface area contributed by atoms with Gasteiger partial charge in [0.1, 0.15) is 35.1 Å².